The normalized spacial score (nSPS) is 12.9. The van der Waals surface area contributed by atoms with Crippen molar-refractivity contribution in [3.05, 3.63) is 17.6 Å². The van der Waals surface area contributed by atoms with Crippen molar-refractivity contribution in [2.45, 2.75) is 33.2 Å². The smallest absolute Gasteiger partial charge is 0.276 e. The lowest BCUT2D eigenvalue weighted by atomic mass is 10.2. The van der Waals surface area contributed by atoms with E-state index in [9.17, 15) is 0 Å². The molecule has 0 saturated heterocycles. The number of nitrogens with two attached hydrogens (primary N) is 1. The van der Waals surface area contributed by atoms with Gasteiger partial charge >= 0.3 is 0 Å². The maximum absolute atomic E-state index is 5.57. The molecule has 0 saturated carbocycles. The van der Waals surface area contributed by atoms with Gasteiger partial charge in [-0.05, 0) is 19.9 Å². The second-order valence-corrected chi connectivity index (χ2v) is 4.08. The highest BCUT2D eigenvalue weighted by Gasteiger charge is 2.17. The predicted molar refractivity (Wildman–Crippen MR) is 63.4 cm³/mol. The fourth-order valence-corrected chi connectivity index (χ4v) is 1.60. The summed E-state index contributed by atoms with van der Waals surface area (Å²) in [6.07, 6.45) is 0. The molecule has 0 aromatic carbocycles. The molecule has 1 atom stereocenters. The van der Waals surface area contributed by atoms with Crippen LogP contribution < -0.4 is 5.73 Å². The largest absolute Gasteiger partial charge is 0.332 e. The van der Waals surface area contributed by atoms with Gasteiger partial charge in [0.25, 0.3) is 5.89 Å². The number of hydrogen-bond acceptors (Lipinski definition) is 5. The van der Waals surface area contributed by atoms with Crippen LogP contribution in [0.5, 0.6) is 0 Å². The van der Waals surface area contributed by atoms with Crippen LogP contribution in [0.1, 0.15) is 31.3 Å². The summed E-state index contributed by atoms with van der Waals surface area (Å²) in [6, 6.07) is 1.94. The summed E-state index contributed by atoms with van der Waals surface area (Å²) in [4.78, 5) is 4.35. The van der Waals surface area contributed by atoms with Gasteiger partial charge in [-0.2, -0.15) is 10.1 Å². The Kier molecular flexibility index (Phi) is 3.23. The first-order valence-electron chi connectivity index (χ1n) is 5.74. The molecule has 17 heavy (non-hydrogen) atoms. The van der Waals surface area contributed by atoms with Crippen LogP contribution in [0, 0.1) is 6.92 Å². The Morgan fingerprint density at radius 3 is 2.94 bits per heavy atom. The molecule has 2 N–H and O–H groups in total. The monoisotopic (exact) mass is 235 g/mol. The van der Waals surface area contributed by atoms with Crippen LogP contribution in [0.3, 0.4) is 0 Å². The van der Waals surface area contributed by atoms with Gasteiger partial charge in [-0.1, -0.05) is 12.1 Å². The highest BCUT2D eigenvalue weighted by molar-refractivity contribution is 5.47. The van der Waals surface area contributed by atoms with Gasteiger partial charge in [0.2, 0.25) is 0 Å². The second-order valence-electron chi connectivity index (χ2n) is 4.08. The van der Waals surface area contributed by atoms with E-state index in [1.54, 1.807) is 0 Å². The highest BCUT2D eigenvalue weighted by atomic mass is 16.5. The van der Waals surface area contributed by atoms with Crippen molar-refractivity contribution >= 4 is 0 Å². The first-order valence-corrected chi connectivity index (χ1v) is 5.74. The van der Waals surface area contributed by atoms with Crippen LogP contribution in [0.2, 0.25) is 0 Å². The maximum Gasteiger partial charge on any atom is 0.276 e. The predicted octanol–water partition coefficient (Wildman–Crippen LogP) is 1.32. The van der Waals surface area contributed by atoms with E-state index >= 15 is 0 Å². The number of rotatable bonds is 4. The second kappa shape index (κ2) is 4.67. The SMILES string of the molecule is CCn1nc(C)cc1-c1nc(C(C)CN)no1. The number of hydrogen-bond donors (Lipinski definition) is 1. The zero-order valence-electron chi connectivity index (χ0n) is 10.3. The Bertz CT molecular complexity index is 502. The molecule has 92 valence electrons. The summed E-state index contributed by atoms with van der Waals surface area (Å²) in [7, 11) is 0. The molecule has 6 nitrogen and oxygen atoms in total. The molecule has 0 aliphatic carbocycles. The number of aryl methyl sites for hydroxylation is 2. The van der Waals surface area contributed by atoms with Crippen LogP contribution >= 0.6 is 0 Å². The molecule has 2 aromatic heterocycles. The quantitative estimate of drug-likeness (QED) is 0.864. The average molecular weight is 235 g/mol. The van der Waals surface area contributed by atoms with Crippen LogP contribution in [-0.4, -0.2) is 26.5 Å². The van der Waals surface area contributed by atoms with E-state index in [0.29, 0.717) is 18.3 Å². The van der Waals surface area contributed by atoms with Crippen LogP contribution in [0.4, 0.5) is 0 Å². The molecule has 0 fully saturated rings. The number of nitrogens with zero attached hydrogens (tertiary/aromatic N) is 4. The molecule has 2 heterocycles. The minimum Gasteiger partial charge on any atom is -0.332 e. The van der Waals surface area contributed by atoms with Gasteiger partial charge < -0.3 is 10.3 Å². The summed E-state index contributed by atoms with van der Waals surface area (Å²) in [5, 5.41) is 8.28. The third-order valence-corrected chi connectivity index (χ3v) is 2.66. The lowest BCUT2D eigenvalue weighted by molar-refractivity contribution is 0.414. The average Bonchev–Trinajstić information content (AvgIpc) is 2.93. The zero-order valence-corrected chi connectivity index (χ0v) is 10.3. The van der Waals surface area contributed by atoms with Gasteiger partial charge in [-0.15, -0.1) is 0 Å². The molecule has 0 radical (unpaired) electrons. The van der Waals surface area contributed by atoms with Crippen molar-refractivity contribution in [1.82, 2.24) is 19.9 Å². The minimum atomic E-state index is 0.103. The first kappa shape index (κ1) is 11.8. The molecule has 1 unspecified atom stereocenters. The highest BCUT2D eigenvalue weighted by Crippen LogP contribution is 2.20. The Morgan fingerprint density at radius 1 is 1.53 bits per heavy atom. The van der Waals surface area contributed by atoms with Crippen LogP contribution in [0.25, 0.3) is 11.6 Å². The molecular weight excluding hydrogens is 218 g/mol. The fraction of sp³-hybridized carbons (Fsp3) is 0.545. The van der Waals surface area contributed by atoms with E-state index in [1.807, 2.05) is 31.5 Å². The Balaban J connectivity index is 2.36. The lowest BCUT2D eigenvalue weighted by Gasteiger charge is -2.00. The standard InChI is InChI=1S/C11H17N5O/c1-4-16-9(5-8(3)14-16)11-13-10(15-17-11)7(2)6-12/h5,7H,4,6,12H2,1-3H3. The van der Waals surface area contributed by atoms with Gasteiger partial charge in [0.05, 0.1) is 5.69 Å². The Morgan fingerprint density at radius 2 is 2.29 bits per heavy atom. The van der Waals surface area contributed by atoms with Gasteiger partial charge in [0.15, 0.2) is 5.82 Å². The van der Waals surface area contributed by atoms with E-state index in [-0.39, 0.29) is 5.92 Å². The molecular formula is C11H17N5O. The van der Waals surface area contributed by atoms with E-state index in [2.05, 4.69) is 15.2 Å². The summed E-state index contributed by atoms with van der Waals surface area (Å²) in [5.74, 6) is 1.25. The van der Waals surface area contributed by atoms with E-state index in [4.69, 9.17) is 10.3 Å². The molecule has 6 heteroatoms. The van der Waals surface area contributed by atoms with E-state index in [1.165, 1.54) is 0 Å². The third kappa shape index (κ3) is 2.21. The van der Waals surface area contributed by atoms with Gasteiger partial charge in [-0.25, -0.2) is 0 Å². The molecule has 2 rings (SSSR count). The lowest BCUT2D eigenvalue weighted by Crippen LogP contribution is -2.10. The van der Waals surface area contributed by atoms with Crippen molar-refractivity contribution in [3.8, 4) is 11.6 Å². The molecule has 2 aromatic rings. The summed E-state index contributed by atoms with van der Waals surface area (Å²) < 4.78 is 7.10. The molecule has 0 aliphatic rings. The first-order chi connectivity index (χ1) is 8.15. The third-order valence-electron chi connectivity index (χ3n) is 2.66. The zero-order chi connectivity index (χ0) is 12.4. The van der Waals surface area contributed by atoms with E-state index in [0.717, 1.165) is 17.9 Å². The Hall–Kier alpha value is -1.69. The fourth-order valence-electron chi connectivity index (χ4n) is 1.60. The molecule has 0 aliphatic heterocycles. The minimum absolute atomic E-state index is 0.103. The molecule has 0 amide bonds. The van der Waals surface area contributed by atoms with Crippen LogP contribution in [-0.2, 0) is 6.54 Å². The number of aromatic nitrogens is 4. The summed E-state index contributed by atoms with van der Waals surface area (Å²) in [6.45, 7) is 7.21. The van der Waals surface area contributed by atoms with Crippen molar-refractivity contribution in [3.63, 3.8) is 0 Å². The summed E-state index contributed by atoms with van der Waals surface area (Å²) >= 11 is 0. The molecule has 0 bridgehead atoms. The van der Waals surface area contributed by atoms with E-state index < -0.39 is 0 Å². The van der Waals surface area contributed by atoms with Gasteiger partial charge in [0, 0.05) is 19.0 Å². The van der Waals surface area contributed by atoms with Gasteiger partial charge in [-0.3, -0.25) is 4.68 Å². The molecule has 0 spiro atoms. The Labute approximate surface area is 99.8 Å². The summed E-state index contributed by atoms with van der Waals surface area (Å²) in [5.41, 5.74) is 7.37. The topological polar surface area (TPSA) is 82.8 Å². The van der Waals surface area contributed by atoms with Crippen molar-refractivity contribution in [2.24, 2.45) is 5.73 Å². The maximum atomic E-state index is 5.57. The van der Waals surface area contributed by atoms with Crippen molar-refractivity contribution in [2.75, 3.05) is 6.54 Å². The van der Waals surface area contributed by atoms with Gasteiger partial charge in [0.1, 0.15) is 5.69 Å². The van der Waals surface area contributed by atoms with Crippen molar-refractivity contribution in [1.29, 1.82) is 0 Å². The van der Waals surface area contributed by atoms with Crippen molar-refractivity contribution < 1.29 is 4.52 Å². The van der Waals surface area contributed by atoms with Crippen LogP contribution in [0.15, 0.2) is 10.6 Å².